The Labute approximate surface area is 148 Å². The zero-order valence-electron chi connectivity index (χ0n) is 14.9. The fraction of sp³-hybridized carbons (Fsp3) is 0.368. The highest BCUT2D eigenvalue weighted by atomic mass is 19.1. The van der Waals surface area contributed by atoms with Crippen LogP contribution in [0.4, 0.5) is 4.39 Å². The maximum absolute atomic E-state index is 12.9. The van der Waals surface area contributed by atoms with Gasteiger partial charge in [-0.05, 0) is 56.2 Å². The predicted molar refractivity (Wildman–Crippen MR) is 98.5 cm³/mol. The van der Waals surface area contributed by atoms with E-state index < -0.39 is 0 Å². The number of aliphatic imine (C=N–C) groups is 1. The van der Waals surface area contributed by atoms with Crippen LogP contribution in [0.3, 0.4) is 0 Å². The number of nitrogens with one attached hydrogen (secondary N) is 2. The molecule has 6 heteroatoms. The van der Waals surface area contributed by atoms with E-state index in [2.05, 4.69) is 26.7 Å². The molecule has 0 aliphatic rings. The monoisotopic (exact) mass is 344 g/mol. The molecule has 5 nitrogen and oxygen atoms in total. The van der Waals surface area contributed by atoms with E-state index in [1.54, 1.807) is 19.2 Å². The quantitative estimate of drug-likeness (QED) is 0.599. The van der Waals surface area contributed by atoms with Crippen molar-refractivity contribution >= 4 is 5.96 Å². The minimum Gasteiger partial charge on any atom is -0.489 e. The first-order valence-corrected chi connectivity index (χ1v) is 8.35. The van der Waals surface area contributed by atoms with Crippen LogP contribution in [-0.4, -0.2) is 37.2 Å². The summed E-state index contributed by atoms with van der Waals surface area (Å²) in [6.45, 7) is 5.27. The van der Waals surface area contributed by atoms with Crippen LogP contribution in [0, 0.1) is 12.7 Å². The summed E-state index contributed by atoms with van der Waals surface area (Å²) in [5.74, 6) is 1.09. The second-order valence-corrected chi connectivity index (χ2v) is 5.82. The summed E-state index contributed by atoms with van der Waals surface area (Å²) < 4.78 is 18.6. The number of benzene rings is 1. The van der Waals surface area contributed by atoms with Gasteiger partial charge in [0.15, 0.2) is 5.96 Å². The lowest BCUT2D eigenvalue weighted by atomic mass is 10.2. The number of pyridine rings is 1. The normalized spacial score (nSPS) is 12.6. The molecule has 0 aliphatic heterocycles. The number of hydrogen-bond donors (Lipinski definition) is 2. The molecule has 2 rings (SSSR count). The number of halogens is 1. The van der Waals surface area contributed by atoms with E-state index in [1.165, 1.54) is 17.7 Å². The van der Waals surface area contributed by atoms with E-state index in [0.717, 1.165) is 24.6 Å². The number of hydrogen-bond acceptors (Lipinski definition) is 3. The zero-order valence-corrected chi connectivity index (χ0v) is 14.9. The molecule has 0 bridgehead atoms. The Hall–Kier alpha value is -2.63. The third-order valence-corrected chi connectivity index (χ3v) is 3.61. The molecule has 1 atom stereocenters. The average molecular weight is 344 g/mol. The van der Waals surface area contributed by atoms with Gasteiger partial charge in [-0.2, -0.15) is 0 Å². The van der Waals surface area contributed by atoms with Gasteiger partial charge in [0.05, 0.1) is 6.54 Å². The molecule has 25 heavy (non-hydrogen) atoms. The third-order valence-electron chi connectivity index (χ3n) is 3.61. The van der Waals surface area contributed by atoms with Crippen LogP contribution < -0.4 is 15.4 Å². The number of aryl methyl sites for hydroxylation is 1. The lowest BCUT2D eigenvalue weighted by Gasteiger charge is -2.17. The molecule has 134 valence electrons. The Kier molecular flexibility index (Phi) is 7.19. The van der Waals surface area contributed by atoms with E-state index in [9.17, 15) is 4.39 Å². The van der Waals surface area contributed by atoms with Crippen LogP contribution in [0.1, 0.15) is 18.2 Å². The van der Waals surface area contributed by atoms with Crippen molar-refractivity contribution in [3.8, 4) is 5.75 Å². The van der Waals surface area contributed by atoms with Gasteiger partial charge in [-0.3, -0.25) is 9.98 Å². The van der Waals surface area contributed by atoms with E-state index in [1.807, 2.05) is 26.1 Å². The topological polar surface area (TPSA) is 58.5 Å². The smallest absolute Gasteiger partial charge is 0.191 e. The number of rotatable bonds is 7. The van der Waals surface area contributed by atoms with Crippen molar-refractivity contribution in [3.63, 3.8) is 0 Å². The predicted octanol–water partition coefficient (Wildman–Crippen LogP) is 2.70. The van der Waals surface area contributed by atoms with E-state index in [4.69, 9.17) is 4.74 Å². The van der Waals surface area contributed by atoms with Crippen LogP contribution in [0.5, 0.6) is 5.75 Å². The van der Waals surface area contributed by atoms with Crippen molar-refractivity contribution in [2.75, 3.05) is 20.1 Å². The Bertz CT molecular complexity index is 671. The Morgan fingerprint density at radius 3 is 2.60 bits per heavy atom. The molecular weight excluding hydrogens is 319 g/mol. The molecule has 1 heterocycles. The molecular formula is C19H25FN4O. The largest absolute Gasteiger partial charge is 0.489 e. The highest BCUT2D eigenvalue weighted by molar-refractivity contribution is 5.79. The molecule has 0 fully saturated rings. The lowest BCUT2D eigenvalue weighted by Crippen LogP contribution is -2.42. The summed E-state index contributed by atoms with van der Waals surface area (Å²) in [5, 5.41) is 6.49. The van der Waals surface area contributed by atoms with Gasteiger partial charge >= 0.3 is 0 Å². The zero-order chi connectivity index (χ0) is 18.1. The van der Waals surface area contributed by atoms with Crippen molar-refractivity contribution in [2.24, 2.45) is 4.99 Å². The standard InChI is InChI=1S/C19H25FN4O/c1-14-4-5-16(13-23-14)10-11-22-19(21-3)24-12-15(2)25-18-8-6-17(20)7-9-18/h4-9,13,15H,10-12H2,1-3H3,(H2,21,22,24). The van der Waals surface area contributed by atoms with Gasteiger partial charge in [0.2, 0.25) is 0 Å². The maximum Gasteiger partial charge on any atom is 0.191 e. The number of nitrogens with zero attached hydrogens (tertiary/aromatic N) is 2. The fourth-order valence-corrected chi connectivity index (χ4v) is 2.22. The molecule has 0 spiro atoms. The van der Waals surface area contributed by atoms with Gasteiger partial charge in [0, 0.05) is 25.5 Å². The van der Waals surface area contributed by atoms with Crippen LogP contribution in [-0.2, 0) is 6.42 Å². The van der Waals surface area contributed by atoms with Gasteiger partial charge in [-0.1, -0.05) is 6.07 Å². The van der Waals surface area contributed by atoms with E-state index >= 15 is 0 Å². The highest BCUT2D eigenvalue weighted by Crippen LogP contribution is 2.12. The van der Waals surface area contributed by atoms with E-state index in [-0.39, 0.29) is 11.9 Å². The summed E-state index contributed by atoms with van der Waals surface area (Å²) in [4.78, 5) is 8.49. The van der Waals surface area contributed by atoms with Crippen molar-refractivity contribution < 1.29 is 9.13 Å². The first-order valence-electron chi connectivity index (χ1n) is 8.35. The van der Waals surface area contributed by atoms with Gasteiger partial charge in [0.1, 0.15) is 17.7 Å². The van der Waals surface area contributed by atoms with Gasteiger partial charge in [-0.25, -0.2) is 4.39 Å². The summed E-state index contributed by atoms with van der Waals surface area (Å²) in [5.41, 5.74) is 2.20. The molecule has 1 aromatic heterocycles. The van der Waals surface area contributed by atoms with Crippen LogP contribution in [0.15, 0.2) is 47.6 Å². The van der Waals surface area contributed by atoms with Crippen molar-refractivity contribution in [1.29, 1.82) is 0 Å². The Morgan fingerprint density at radius 1 is 1.20 bits per heavy atom. The molecule has 1 unspecified atom stereocenters. The number of ether oxygens (including phenoxy) is 1. The Morgan fingerprint density at radius 2 is 1.96 bits per heavy atom. The molecule has 0 saturated heterocycles. The molecule has 2 N–H and O–H groups in total. The average Bonchev–Trinajstić information content (AvgIpc) is 2.61. The first kappa shape index (κ1) is 18.7. The Balaban J connectivity index is 1.70. The second-order valence-electron chi connectivity index (χ2n) is 5.82. The number of aromatic nitrogens is 1. The van der Waals surface area contributed by atoms with Crippen LogP contribution in [0.2, 0.25) is 0 Å². The first-order chi connectivity index (χ1) is 12.1. The van der Waals surface area contributed by atoms with Crippen LogP contribution >= 0.6 is 0 Å². The van der Waals surface area contributed by atoms with Gasteiger partial charge in [0.25, 0.3) is 0 Å². The molecule has 0 amide bonds. The second kappa shape index (κ2) is 9.61. The van der Waals surface area contributed by atoms with E-state index in [0.29, 0.717) is 12.3 Å². The molecule has 0 radical (unpaired) electrons. The lowest BCUT2D eigenvalue weighted by molar-refractivity contribution is 0.223. The fourth-order valence-electron chi connectivity index (χ4n) is 2.22. The molecule has 0 aliphatic carbocycles. The van der Waals surface area contributed by atoms with Gasteiger partial charge < -0.3 is 15.4 Å². The van der Waals surface area contributed by atoms with Gasteiger partial charge in [-0.15, -0.1) is 0 Å². The minimum absolute atomic E-state index is 0.0784. The third kappa shape index (κ3) is 6.79. The van der Waals surface area contributed by atoms with Crippen molar-refractivity contribution in [3.05, 3.63) is 59.7 Å². The summed E-state index contributed by atoms with van der Waals surface area (Å²) in [6.07, 6.45) is 2.69. The SMILES string of the molecule is CN=C(NCCc1ccc(C)nc1)NCC(C)Oc1ccc(F)cc1. The summed E-state index contributed by atoms with van der Waals surface area (Å²) in [7, 11) is 1.73. The number of guanidine groups is 1. The minimum atomic E-state index is -0.272. The molecule has 2 aromatic rings. The summed E-state index contributed by atoms with van der Waals surface area (Å²) in [6, 6.07) is 10.1. The highest BCUT2D eigenvalue weighted by Gasteiger charge is 2.06. The summed E-state index contributed by atoms with van der Waals surface area (Å²) >= 11 is 0. The van der Waals surface area contributed by atoms with Crippen molar-refractivity contribution in [1.82, 2.24) is 15.6 Å². The van der Waals surface area contributed by atoms with Crippen LogP contribution in [0.25, 0.3) is 0 Å². The van der Waals surface area contributed by atoms with Crippen molar-refractivity contribution in [2.45, 2.75) is 26.4 Å². The molecule has 1 aromatic carbocycles. The maximum atomic E-state index is 12.9. The molecule has 0 saturated carbocycles.